The lowest BCUT2D eigenvalue weighted by molar-refractivity contribution is 0.177. The molecule has 0 aliphatic carbocycles. The number of rotatable bonds is 8. The van der Waals surface area contributed by atoms with Crippen LogP contribution in [0.1, 0.15) is 19.7 Å². The van der Waals surface area contributed by atoms with E-state index in [0.29, 0.717) is 37.2 Å². The first kappa shape index (κ1) is 22.3. The molecule has 1 atom stereocenters. The molecule has 0 bridgehead atoms. The van der Waals surface area contributed by atoms with E-state index in [2.05, 4.69) is 39.1 Å². The van der Waals surface area contributed by atoms with Gasteiger partial charge in [0.2, 0.25) is 5.95 Å². The Kier molecular flexibility index (Phi) is 6.53. The molecule has 0 saturated carbocycles. The molecule has 1 fully saturated rings. The number of nitrogen functional groups attached to an aromatic ring is 1. The average Bonchev–Trinajstić information content (AvgIpc) is 3.21. The second-order valence-electron chi connectivity index (χ2n) is 8.18. The van der Waals surface area contributed by atoms with E-state index in [0.717, 1.165) is 17.1 Å². The molecule has 1 unspecified atom stereocenters. The second kappa shape index (κ2) is 9.68. The van der Waals surface area contributed by atoms with E-state index in [4.69, 9.17) is 10.5 Å². The van der Waals surface area contributed by atoms with Crippen molar-refractivity contribution in [3.05, 3.63) is 54.7 Å². The minimum atomic E-state index is -0.379. The summed E-state index contributed by atoms with van der Waals surface area (Å²) >= 11 is 0. The van der Waals surface area contributed by atoms with Gasteiger partial charge < -0.3 is 20.7 Å². The van der Waals surface area contributed by atoms with Gasteiger partial charge in [0.25, 0.3) is 0 Å². The van der Waals surface area contributed by atoms with Gasteiger partial charge in [0.1, 0.15) is 18.2 Å². The highest BCUT2D eigenvalue weighted by atomic mass is 16.6. The van der Waals surface area contributed by atoms with Gasteiger partial charge >= 0.3 is 6.09 Å². The lowest BCUT2D eigenvalue weighted by Gasteiger charge is -2.23. The topological polar surface area (TPSA) is 122 Å². The number of amides is 1. The summed E-state index contributed by atoms with van der Waals surface area (Å²) in [6, 6.07) is 9.29. The Balaban J connectivity index is 1.34. The number of hydrogen-bond donors (Lipinski definition) is 2. The molecule has 0 spiro atoms. The van der Waals surface area contributed by atoms with Crippen molar-refractivity contribution in [1.82, 2.24) is 19.9 Å². The summed E-state index contributed by atoms with van der Waals surface area (Å²) in [4.78, 5) is 33.4. The summed E-state index contributed by atoms with van der Waals surface area (Å²) in [5.74, 6) is 1.92. The van der Waals surface area contributed by atoms with Gasteiger partial charge in [0.05, 0.1) is 24.1 Å². The van der Waals surface area contributed by atoms with Crippen LogP contribution < -0.4 is 20.9 Å². The Morgan fingerprint density at radius 1 is 1.15 bits per heavy atom. The third kappa shape index (κ3) is 5.11. The van der Waals surface area contributed by atoms with Crippen LogP contribution in [0.4, 0.5) is 33.6 Å². The van der Waals surface area contributed by atoms with Gasteiger partial charge in [-0.2, -0.15) is 4.98 Å². The number of hydrogen-bond acceptors (Lipinski definition) is 9. The molecule has 10 nitrogen and oxygen atoms in total. The van der Waals surface area contributed by atoms with Gasteiger partial charge in [-0.25, -0.2) is 19.7 Å². The fraction of sp³-hybridized carbons (Fsp3) is 0.348. The Morgan fingerprint density at radius 3 is 2.58 bits per heavy atom. The van der Waals surface area contributed by atoms with E-state index in [1.807, 2.05) is 36.2 Å². The first-order valence-corrected chi connectivity index (χ1v) is 10.9. The number of cyclic esters (lactones) is 1. The third-order valence-electron chi connectivity index (χ3n) is 5.55. The first-order valence-electron chi connectivity index (χ1n) is 10.9. The summed E-state index contributed by atoms with van der Waals surface area (Å²) in [5, 5.41) is 3.18. The first-order chi connectivity index (χ1) is 15.9. The van der Waals surface area contributed by atoms with Gasteiger partial charge in [0, 0.05) is 37.6 Å². The lowest BCUT2D eigenvalue weighted by atomic mass is 10.0. The standard InChI is InChI=1S/C23H28N8O2/c1-15(2)19-14-33-23(32)31(19)21-9-11-26-22(29-21)25-10-8-20-27-12-18(13-28-20)30(3)17-6-4-16(24)5-7-17/h4-7,9,11-13,15,19H,8,10,14,24H2,1-3H3,(H,25,26,29). The number of ether oxygens (including phenoxy) is 1. The van der Waals surface area contributed by atoms with Crippen LogP contribution in [0.2, 0.25) is 0 Å². The SMILES string of the molecule is CC(C)C1COC(=O)N1c1ccnc(NCCc2ncc(N(C)c3ccc(N)cc3)cn2)n1. The van der Waals surface area contributed by atoms with Gasteiger partial charge in [-0.05, 0) is 36.2 Å². The van der Waals surface area contributed by atoms with E-state index >= 15 is 0 Å². The zero-order valence-corrected chi connectivity index (χ0v) is 19.0. The summed E-state index contributed by atoms with van der Waals surface area (Å²) in [6.07, 6.45) is 5.43. The van der Waals surface area contributed by atoms with Crippen molar-refractivity contribution in [2.45, 2.75) is 26.3 Å². The molecule has 1 saturated heterocycles. The molecular formula is C23H28N8O2. The Hall–Kier alpha value is -3.95. The maximum Gasteiger partial charge on any atom is 0.415 e. The molecule has 1 amide bonds. The van der Waals surface area contributed by atoms with Crippen LogP contribution in [-0.4, -0.2) is 52.3 Å². The van der Waals surface area contributed by atoms with Crippen LogP contribution in [0.25, 0.3) is 0 Å². The zero-order chi connectivity index (χ0) is 23.4. The molecule has 3 aromatic rings. The predicted octanol–water partition coefficient (Wildman–Crippen LogP) is 3.25. The van der Waals surface area contributed by atoms with E-state index in [9.17, 15) is 4.79 Å². The molecule has 4 rings (SSSR count). The largest absolute Gasteiger partial charge is 0.447 e. The molecule has 33 heavy (non-hydrogen) atoms. The van der Waals surface area contributed by atoms with Crippen LogP contribution in [0.3, 0.4) is 0 Å². The summed E-state index contributed by atoms with van der Waals surface area (Å²) in [5.41, 5.74) is 8.36. The predicted molar refractivity (Wildman–Crippen MR) is 128 cm³/mol. The van der Waals surface area contributed by atoms with Crippen molar-refractivity contribution < 1.29 is 9.53 Å². The summed E-state index contributed by atoms with van der Waals surface area (Å²) in [7, 11) is 1.95. The number of nitrogens with one attached hydrogen (secondary N) is 1. The van der Waals surface area contributed by atoms with Crippen LogP contribution in [0.15, 0.2) is 48.9 Å². The van der Waals surface area contributed by atoms with Gasteiger partial charge in [-0.3, -0.25) is 4.90 Å². The molecule has 2 aromatic heterocycles. The quantitative estimate of drug-likeness (QED) is 0.500. The molecule has 0 radical (unpaired) electrons. The number of carbonyl (C=O) groups excluding carboxylic acids is 1. The van der Waals surface area contributed by atoms with E-state index in [-0.39, 0.29) is 18.1 Å². The molecule has 172 valence electrons. The number of nitrogens with two attached hydrogens (primary N) is 1. The Bertz CT molecular complexity index is 1090. The summed E-state index contributed by atoms with van der Waals surface area (Å²) < 4.78 is 5.21. The van der Waals surface area contributed by atoms with Crippen molar-refractivity contribution in [1.29, 1.82) is 0 Å². The highest BCUT2D eigenvalue weighted by Gasteiger charge is 2.37. The van der Waals surface area contributed by atoms with E-state index < -0.39 is 0 Å². The van der Waals surface area contributed by atoms with E-state index in [1.165, 1.54) is 0 Å². The van der Waals surface area contributed by atoms with Gasteiger partial charge in [0.15, 0.2) is 0 Å². The highest BCUT2D eigenvalue weighted by molar-refractivity contribution is 5.89. The maximum absolute atomic E-state index is 12.2. The van der Waals surface area contributed by atoms with Crippen molar-refractivity contribution in [3.8, 4) is 0 Å². The summed E-state index contributed by atoms with van der Waals surface area (Å²) in [6.45, 7) is 5.02. The minimum Gasteiger partial charge on any atom is -0.447 e. The number of benzene rings is 1. The Morgan fingerprint density at radius 2 is 1.88 bits per heavy atom. The monoisotopic (exact) mass is 448 g/mol. The van der Waals surface area contributed by atoms with Crippen molar-refractivity contribution >= 4 is 34.9 Å². The maximum atomic E-state index is 12.2. The van der Waals surface area contributed by atoms with Crippen molar-refractivity contribution in [2.75, 3.05) is 41.0 Å². The lowest BCUT2D eigenvalue weighted by Crippen LogP contribution is -2.37. The molecule has 1 aliphatic rings. The van der Waals surface area contributed by atoms with Crippen LogP contribution in [0.5, 0.6) is 0 Å². The third-order valence-corrected chi connectivity index (χ3v) is 5.55. The number of anilines is 5. The molecule has 10 heteroatoms. The smallest absolute Gasteiger partial charge is 0.415 e. The molecule has 1 aromatic carbocycles. The van der Waals surface area contributed by atoms with Crippen LogP contribution in [0, 0.1) is 5.92 Å². The molecule has 3 heterocycles. The number of nitrogens with zero attached hydrogens (tertiary/aromatic N) is 6. The molecular weight excluding hydrogens is 420 g/mol. The minimum absolute atomic E-state index is 0.0430. The average molecular weight is 449 g/mol. The van der Waals surface area contributed by atoms with Crippen molar-refractivity contribution in [3.63, 3.8) is 0 Å². The van der Waals surface area contributed by atoms with E-state index in [1.54, 1.807) is 29.6 Å². The van der Waals surface area contributed by atoms with Gasteiger partial charge in [-0.1, -0.05) is 13.8 Å². The second-order valence-corrected chi connectivity index (χ2v) is 8.18. The normalized spacial score (nSPS) is 15.6. The molecule has 3 N–H and O–H groups in total. The highest BCUT2D eigenvalue weighted by Crippen LogP contribution is 2.26. The van der Waals surface area contributed by atoms with Crippen LogP contribution >= 0.6 is 0 Å². The zero-order valence-electron chi connectivity index (χ0n) is 19.0. The number of carbonyl (C=O) groups is 1. The number of aromatic nitrogens is 4. The van der Waals surface area contributed by atoms with Gasteiger partial charge in [-0.15, -0.1) is 0 Å². The fourth-order valence-electron chi connectivity index (χ4n) is 3.54. The Labute approximate surface area is 192 Å². The fourth-order valence-corrected chi connectivity index (χ4v) is 3.54. The van der Waals surface area contributed by atoms with Crippen LogP contribution in [-0.2, 0) is 11.2 Å². The van der Waals surface area contributed by atoms with Crippen molar-refractivity contribution in [2.24, 2.45) is 5.92 Å². The molecule has 1 aliphatic heterocycles.